The molecule has 2 N–H and O–H groups in total. The van der Waals surface area contributed by atoms with Crippen LogP contribution in [0, 0.1) is 0 Å². The van der Waals surface area contributed by atoms with Gasteiger partial charge in [-0.1, -0.05) is 30.3 Å². The summed E-state index contributed by atoms with van der Waals surface area (Å²) in [5.41, 5.74) is 4.70. The number of aromatic hydroxyl groups is 1. The minimum absolute atomic E-state index is 0.0680. The number of hydrazone groups is 1. The Morgan fingerprint density at radius 2 is 1.88 bits per heavy atom. The molecular formula is C19H19N3O2. The third-order valence-corrected chi connectivity index (χ3v) is 3.85. The van der Waals surface area contributed by atoms with Gasteiger partial charge in [-0.05, 0) is 32.0 Å². The zero-order valence-corrected chi connectivity index (χ0v) is 13.6. The number of fused-ring (bicyclic) bond motifs is 1. The minimum Gasteiger partial charge on any atom is -0.507 e. The van der Waals surface area contributed by atoms with Gasteiger partial charge >= 0.3 is 0 Å². The maximum absolute atomic E-state index is 12.0. The molecule has 5 nitrogen and oxygen atoms in total. The second-order valence-electron chi connectivity index (χ2n) is 5.82. The molecule has 122 valence electrons. The number of carbonyl (C=O) groups is 1. The fourth-order valence-corrected chi connectivity index (χ4v) is 2.65. The van der Waals surface area contributed by atoms with Crippen molar-refractivity contribution in [3.8, 4) is 5.75 Å². The first-order chi connectivity index (χ1) is 11.6. The van der Waals surface area contributed by atoms with Crippen LogP contribution in [0.2, 0.25) is 0 Å². The van der Waals surface area contributed by atoms with Crippen LogP contribution in [-0.2, 0) is 0 Å². The fraction of sp³-hybridized carbons (Fsp3) is 0.158. The molecular weight excluding hydrogens is 302 g/mol. The summed E-state index contributed by atoms with van der Waals surface area (Å²) >= 11 is 0. The smallest absolute Gasteiger partial charge is 0.275 e. The molecule has 0 fully saturated rings. The molecule has 5 heteroatoms. The van der Waals surface area contributed by atoms with Gasteiger partial charge in [0.25, 0.3) is 5.91 Å². The molecule has 0 radical (unpaired) electrons. The average Bonchev–Trinajstić information content (AvgIpc) is 2.94. The molecule has 0 unspecified atom stereocenters. The second-order valence-corrected chi connectivity index (χ2v) is 5.82. The van der Waals surface area contributed by atoms with E-state index in [9.17, 15) is 9.90 Å². The standard InChI is InChI=1S/C19H19N3O2/c1-13(2)22-12-14(15-7-3-5-9-17(15)22)11-20-21-19(24)16-8-4-6-10-18(16)23/h3-13,23H,1-2H3,(H,21,24)/b20-11-. The van der Waals surface area contributed by atoms with Gasteiger partial charge in [-0.25, -0.2) is 5.43 Å². The first-order valence-corrected chi connectivity index (χ1v) is 7.79. The van der Waals surface area contributed by atoms with Crippen molar-refractivity contribution in [1.29, 1.82) is 0 Å². The number of phenols is 1. The molecule has 1 aromatic heterocycles. The highest BCUT2D eigenvalue weighted by atomic mass is 16.3. The van der Waals surface area contributed by atoms with E-state index in [-0.39, 0.29) is 11.3 Å². The zero-order valence-electron chi connectivity index (χ0n) is 13.6. The minimum atomic E-state index is -0.447. The number of nitrogens with zero attached hydrogens (tertiary/aromatic N) is 2. The van der Waals surface area contributed by atoms with E-state index in [0.29, 0.717) is 6.04 Å². The number of hydrogen-bond acceptors (Lipinski definition) is 3. The summed E-state index contributed by atoms with van der Waals surface area (Å²) in [5, 5.41) is 14.8. The van der Waals surface area contributed by atoms with Crippen LogP contribution in [0.3, 0.4) is 0 Å². The zero-order chi connectivity index (χ0) is 17.1. The Kier molecular flexibility index (Phi) is 4.33. The van der Waals surface area contributed by atoms with Gasteiger partial charge in [0.1, 0.15) is 5.75 Å². The third-order valence-electron chi connectivity index (χ3n) is 3.85. The number of para-hydroxylation sites is 2. The van der Waals surface area contributed by atoms with E-state index in [2.05, 4.69) is 35.0 Å². The summed E-state index contributed by atoms with van der Waals surface area (Å²) in [6.07, 6.45) is 3.64. The van der Waals surface area contributed by atoms with Gasteiger partial charge in [0.05, 0.1) is 11.8 Å². The highest BCUT2D eigenvalue weighted by molar-refractivity contribution is 6.01. The van der Waals surface area contributed by atoms with E-state index in [1.54, 1.807) is 24.4 Å². The number of carbonyl (C=O) groups excluding carboxylic acids is 1. The van der Waals surface area contributed by atoms with E-state index in [1.807, 2.05) is 24.4 Å². The Morgan fingerprint density at radius 3 is 2.62 bits per heavy atom. The Hall–Kier alpha value is -3.08. The van der Waals surface area contributed by atoms with Crippen LogP contribution in [0.4, 0.5) is 0 Å². The van der Waals surface area contributed by atoms with Crippen LogP contribution < -0.4 is 5.43 Å². The number of amides is 1. The van der Waals surface area contributed by atoms with E-state index in [4.69, 9.17) is 0 Å². The molecule has 0 spiro atoms. The SMILES string of the molecule is CC(C)n1cc(/C=N\NC(=O)c2ccccc2O)c2ccccc21. The monoisotopic (exact) mass is 321 g/mol. The van der Waals surface area contributed by atoms with Crippen LogP contribution >= 0.6 is 0 Å². The van der Waals surface area contributed by atoms with Crippen molar-refractivity contribution in [2.75, 3.05) is 0 Å². The molecule has 0 bridgehead atoms. The molecule has 0 aliphatic carbocycles. The molecule has 3 rings (SSSR count). The molecule has 0 saturated heterocycles. The topological polar surface area (TPSA) is 66.6 Å². The summed E-state index contributed by atoms with van der Waals surface area (Å²) < 4.78 is 2.17. The van der Waals surface area contributed by atoms with Crippen LogP contribution in [0.5, 0.6) is 5.75 Å². The predicted molar refractivity (Wildman–Crippen MR) is 95.5 cm³/mol. The van der Waals surface area contributed by atoms with Gasteiger partial charge in [-0.2, -0.15) is 5.10 Å². The van der Waals surface area contributed by atoms with E-state index < -0.39 is 5.91 Å². The van der Waals surface area contributed by atoms with Crippen molar-refractivity contribution in [3.63, 3.8) is 0 Å². The van der Waals surface area contributed by atoms with Crippen molar-refractivity contribution in [3.05, 3.63) is 65.9 Å². The van der Waals surface area contributed by atoms with Crippen molar-refractivity contribution < 1.29 is 9.90 Å². The number of aromatic nitrogens is 1. The lowest BCUT2D eigenvalue weighted by molar-refractivity contribution is 0.0952. The van der Waals surface area contributed by atoms with Crippen LogP contribution in [0.25, 0.3) is 10.9 Å². The largest absolute Gasteiger partial charge is 0.507 e. The van der Waals surface area contributed by atoms with Gasteiger partial charge in [0, 0.05) is 28.7 Å². The van der Waals surface area contributed by atoms with E-state index >= 15 is 0 Å². The quantitative estimate of drug-likeness (QED) is 0.568. The highest BCUT2D eigenvalue weighted by Gasteiger charge is 2.10. The molecule has 3 aromatic rings. The van der Waals surface area contributed by atoms with Gasteiger partial charge < -0.3 is 9.67 Å². The first-order valence-electron chi connectivity index (χ1n) is 7.79. The van der Waals surface area contributed by atoms with Crippen molar-refractivity contribution in [2.45, 2.75) is 19.9 Å². The summed E-state index contributed by atoms with van der Waals surface area (Å²) in [4.78, 5) is 12.0. The molecule has 24 heavy (non-hydrogen) atoms. The molecule has 0 aliphatic rings. The Bertz CT molecular complexity index is 910. The maximum atomic E-state index is 12.0. The Balaban J connectivity index is 1.84. The number of phenolic OH excluding ortho intramolecular Hbond substituents is 1. The van der Waals surface area contributed by atoms with Crippen LogP contribution in [-0.4, -0.2) is 21.8 Å². The van der Waals surface area contributed by atoms with E-state index in [0.717, 1.165) is 16.5 Å². The summed E-state index contributed by atoms with van der Waals surface area (Å²) in [6.45, 7) is 4.24. The summed E-state index contributed by atoms with van der Waals surface area (Å²) in [7, 11) is 0. The lowest BCUT2D eigenvalue weighted by Crippen LogP contribution is -2.17. The lowest BCUT2D eigenvalue weighted by Gasteiger charge is -2.08. The van der Waals surface area contributed by atoms with Crippen LogP contribution in [0.15, 0.2) is 59.8 Å². The van der Waals surface area contributed by atoms with Gasteiger partial charge in [0.15, 0.2) is 0 Å². The van der Waals surface area contributed by atoms with Crippen molar-refractivity contribution in [1.82, 2.24) is 9.99 Å². The molecule has 1 heterocycles. The summed E-state index contributed by atoms with van der Waals surface area (Å²) in [6, 6.07) is 14.8. The third kappa shape index (κ3) is 3.01. The second kappa shape index (κ2) is 6.58. The summed E-state index contributed by atoms with van der Waals surface area (Å²) in [5.74, 6) is -0.515. The average molecular weight is 321 g/mol. The van der Waals surface area contributed by atoms with Gasteiger partial charge in [-0.3, -0.25) is 4.79 Å². The normalized spacial score (nSPS) is 11.5. The van der Waals surface area contributed by atoms with E-state index in [1.165, 1.54) is 6.07 Å². The number of nitrogens with one attached hydrogen (secondary N) is 1. The fourth-order valence-electron chi connectivity index (χ4n) is 2.65. The lowest BCUT2D eigenvalue weighted by atomic mass is 10.2. The van der Waals surface area contributed by atoms with Crippen LogP contribution in [0.1, 0.15) is 35.8 Å². The molecule has 2 aromatic carbocycles. The molecule has 0 saturated carbocycles. The highest BCUT2D eigenvalue weighted by Crippen LogP contribution is 2.23. The Labute approximate surface area is 140 Å². The van der Waals surface area contributed by atoms with Gasteiger partial charge in [0.2, 0.25) is 0 Å². The van der Waals surface area contributed by atoms with Crippen molar-refractivity contribution >= 4 is 23.0 Å². The molecule has 0 atom stereocenters. The maximum Gasteiger partial charge on any atom is 0.275 e. The number of benzene rings is 2. The Morgan fingerprint density at radius 1 is 1.17 bits per heavy atom. The molecule has 0 aliphatic heterocycles. The molecule has 1 amide bonds. The van der Waals surface area contributed by atoms with Crippen molar-refractivity contribution in [2.24, 2.45) is 5.10 Å². The predicted octanol–water partition coefficient (Wildman–Crippen LogP) is 3.69. The number of rotatable bonds is 4. The number of hydrogen-bond donors (Lipinski definition) is 2. The van der Waals surface area contributed by atoms with Gasteiger partial charge in [-0.15, -0.1) is 0 Å². The first kappa shape index (κ1) is 15.8.